The van der Waals surface area contributed by atoms with Gasteiger partial charge in [-0.2, -0.15) is 5.10 Å². The van der Waals surface area contributed by atoms with Crippen molar-refractivity contribution in [3.05, 3.63) is 47.2 Å². The quantitative estimate of drug-likeness (QED) is 0.388. The van der Waals surface area contributed by atoms with E-state index in [1.165, 1.54) is 17.6 Å². The van der Waals surface area contributed by atoms with Gasteiger partial charge in [0.15, 0.2) is 0 Å². The van der Waals surface area contributed by atoms with E-state index >= 15 is 0 Å². The fourth-order valence-electron chi connectivity index (χ4n) is 1.31. The van der Waals surface area contributed by atoms with Crippen LogP contribution in [0.3, 0.4) is 0 Å². The van der Waals surface area contributed by atoms with Gasteiger partial charge in [-0.15, -0.1) is 11.3 Å². The standard InChI is InChI=1S/C12H8I2N2O2S/c13-8-4-7(11(17)9(14)5-8)6-15-16-12(18)10-2-1-3-19-10/h1-6,17H,(H,16,18)/b15-6+. The molecule has 7 heteroatoms. The van der Waals surface area contributed by atoms with E-state index in [1.807, 2.05) is 34.0 Å². The van der Waals surface area contributed by atoms with Crippen molar-refractivity contribution in [2.45, 2.75) is 0 Å². The summed E-state index contributed by atoms with van der Waals surface area (Å²) in [6.07, 6.45) is 1.44. The van der Waals surface area contributed by atoms with Gasteiger partial charge in [0.1, 0.15) is 5.75 Å². The highest BCUT2D eigenvalue weighted by molar-refractivity contribution is 14.1. The van der Waals surface area contributed by atoms with Gasteiger partial charge >= 0.3 is 0 Å². The van der Waals surface area contributed by atoms with Gasteiger partial charge in [0.25, 0.3) is 5.91 Å². The zero-order valence-corrected chi connectivity index (χ0v) is 14.6. The second-order valence-electron chi connectivity index (χ2n) is 3.50. The lowest BCUT2D eigenvalue weighted by Crippen LogP contribution is -2.16. The molecule has 0 aliphatic rings. The monoisotopic (exact) mass is 498 g/mol. The van der Waals surface area contributed by atoms with Crippen LogP contribution in [0.2, 0.25) is 0 Å². The summed E-state index contributed by atoms with van der Waals surface area (Å²) in [6.45, 7) is 0. The van der Waals surface area contributed by atoms with Gasteiger partial charge in [-0.1, -0.05) is 6.07 Å². The van der Waals surface area contributed by atoms with Crippen LogP contribution in [-0.4, -0.2) is 17.2 Å². The molecule has 98 valence electrons. The van der Waals surface area contributed by atoms with E-state index in [-0.39, 0.29) is 11.7 Å². The molecule has 0 aliphatic heterocycles. The summed E-state index contributed by atoms with van der Waals surface area (Å²) in [5, 5.41) is 15.5. The van der Waals surface area contributed by atoms with Crippen LogP contribution in [0.15, 0.2) is 34.7 Å². The Labute approximate surface area is 141 Å². The molecule has 4 nitrogen and oxygen atoms in total. The molecule has 0 unspecified atom stereocenters. The normalized spacial score (nSPS) is 10.8. The number of aromatic hydroxyl groups is 1. The number of benzene rings is 1. The Morgan fingerprint density at radius 2 is 2.21 bits per heavy atom. The lowest BCUT2D eigenvalue weighted by atomic mass is 10.2. The van der Waals surface area contributed by atoms with E-state index in [9.17, 15) is 9.90 Å². The number of rotatable bonds is 3. The Morgan fingerprint density at radius 1 is 1.42 bits per heavy atom. The number of hydrogen-bond donors (Lipinski definition) is 2. The average molecular weight is 498 g/mol. The molecule has 1 aromatic heterocycles. The van der Waals surface area contributed by atoms with Crippen LogP contribution in [0.5, 0.6) is 5.75 Å². The molecule has 0 saturated heterocycles. The highest BCUT2D eigenvalue weighted by Crippen LogP contribution is 2.25. The third-order valence-corrected chi connectivity index (χ3v) is 4.49. The summed E-state index contributed by atoms with van der Waals surface area (Å²) in [7, 11) is 0. The number of hydrogen-bond acceptors (Lipinski definition) is 4. The number of carbonyl (C=O) groups excluding carboxylic acids is 1. The molecule has 0 atom stereocenters. The van der Waals surface area contributed by atoms with Crippen molar-refractivity contribution < 1.29 is 9.90 Å². The van der Waals surface area contributed by atoms with E-state index in [4.69, 9.17) is 0 Å². The number of nitrogens with zero attached hydrogens (tertiary/aromatic N) is 1. The van der Waals surface area contributed by atoms with Crippen molar-refractivity contribution in [1.29, 1.82) is 0 Å². The third-order valence-electron chi connectivity index (χ3n) is 2.17. The zero-order valence-electron chi connectivity index (χ0n) is 9.43. The van der Waals surface area contributed by atoms with Gasteiger partial charge in [0, 0.05) is 9.13 Å². The Kier molecular flexibility index (Phi) is 5.16. The molecule has 0 aliphatic carbocycles. The number of nitrogens with one attached hydrogen (secondary N) is 1. The molecule has 0 fully saturated rings. The third kappa shape index (κ3) is 3.89. The number of thiophene rings is 1. The van der Waals surface area contributed by atoms with Crippen molar-refractivity contribution in [2.75, 3.05) is 0 Å². The molecule has 2 rings (SSSR count). The summed E-state index contributed by atoms with van der Waals surface area (Å²) >= 11 is 5.55. The minimum absolute atomic E-state index is 0.162. The first-order valence-corrected chi connectivity index (χ1v) is 8.16. The predicted octanol–water partition coefficient (Wildman–Crippen LogP) is 3.43. The van der Waals surface area contributed by atoms with Crippen molar-refractivity contribution in [3.8, 4) is 5.75 Å². The van der Waals surface area contributed by atoms with Gasteiger partial charge in [0.2, 0.25) is 0 Å². The average Bonchev–Trinajstić information content (AvgIpc) is 2.88. The number of phenolic OH excluding ortho intramolecular Hbond substituents is 1. The van der Waals surface area contributed by atoms with E-state index in [0.29, 0.717) is 10.4 Å². The van der Waals surface area contributed by atoms with Crippen LogP contribution in [0.4, 0.5) is 0 Å². The molecule has 1 amide bonds. The fourth-order valence-corrected chi connectivity index (χ4v) is 3.81. The number of hydrazone groups is 1. The Balaban J connectivity index is 2.09. The fraction of sp³-hybridized carbons (Fsp3) is 0. The summed E-state index contributed by atoms with van der Waals surface area (Å²) in [5.41, 5.74) is 3.00. The molecule has 2 aromatic rings. The minimum Gasteiger partial charge on any atom is -0.506 e. The summed E-state index contributed by atoms with van der Waals surface area (Å²) in [5.74, 6) is -0.0961. The maximum atomic E-state index is 11.6. The van der Waals surface area contributed by atoms with Gasteiger partial charge in [-0.05, 0) is 68.8 Å². The summed E-state index contributed by atoms with van der Waals surface area (Å²) in [6, 6.07) is 7.18. The Hall–Kier alpha value is -0.680. The van der Waals surface area contributed by atoms with E-state index in [2.05, 4.69) is 33.1 Å². The molecule has 0 spiro atoms. The van der Waals surface area contributed by atoms with Crippen molar-refractivity contribution in [1.82, 2.24) is 5.43 Å². The lowest BCUT2D eigenvalue weighted by molar-refractivity contribution is 0.0959. The van der Waals surface area contributed by atoms with Crippen molar-refractivity contribution >= 4 is 68.6 Å². The maximum absolute atomic E-state index is 11.6. The number of amides is 1. The Morgan fingerprint density at radius 3 is 2.89 bits per heavy atom. The molecular formula is C12H8I2N2O2S. The molecule has 0 bridgehead atoms. The molecule has 2 N–H and O–H groups in total. The van der Waals surface area contributed by atoms with Crippen LogP contribution in [-0.2, 0) is 0 Å². The van der Waals surface area contributed by atoms with Gasteiger partial charge in [0.05, 0.1) is 14.7 Å². The van der Waals surface area contributed by atoms with Crippen LogP contribution in [0.25, 0.3) is 0 Å². The first-order valence-electron chi connectivity index (χ1n) is 5.13. The second kappa shape index (κ2) is 6.66. The highest BCUT2D eigenvalue weighted by atomic mass is 127. The van der Waals surface area contributed by atoms with E-state index < -0.39 is 0 Å². The topological polar surface area (TPSA) is 61.7 Å². The van der Waals surface area contributed by atoms with E-state index in [1.54, 1.807) is 18.2 Å². The number of phenols is 1. The van der Waals surface area contributed by atoms with Crippen LogP contribution in [0, 0.1) is 7.14 Å². The molecule has 1 heterocycles. The molecule has 1 aromatic carbocycles. The van der Waals surface area contributed by atoms with Crippen LogP contribution in [0.1, 0.15) is 15.2 Å². The van der Waals surface area contributed by atoms with Gasteiger partial charge in [-0.25, -0.2) is 5.43 Å². The van der Waals surface area contributed by atoms with Crippen LogP contribution < -0.4 is 5.43 Å². The predicted molar refractivity (Wildman–Crippen MR) is 92.9 cm³/mol. The highest BCUT2D eigenvalue weighted by Gasteiger charge is 2.06. The maximum Gasteiger partial charge on any atom is 0.281 e. The zero-order chi connectivity index (χ0) is 13.8. The molecule has 0 saturated carbocycles. The van der Waals surface area contributed by atoms with Gasteiger partial charge in [-0.3, -0.25) is 4.79 Å². The second-order valence-corrected chi connectivity index (χ2v) is 6.86. The molecule has 0 radical (unpaired) electrons. The number of halogens is 2. The van der Waals surface area contributed by atoms with Crippen molar-refractivity contribution in [3.63, 3.8) is 0 Å². The first kappa shape index (κ1) is 14.7. The Bertz CT molecular complexity index is 627. The summed E-state index contributed by atoms with van der Waals surface area (Å²) in [4.78, 5) is 12.2. The summed E-state index contributed by atoms with van der Waals surface area (Å²) < 4.78 is 1.74. The van der Waals surface area contributed by atoms with Gasteiger partial charge < -0.3 is 5.11 Å². The molecular weight excluding hydrogens is 490 g/mol. The van der Waals surface area contributed by atoms with E-state index in [0.717, 1.165) is 7.14 Å². The minimum atomic E-state index is -0.258. The molecule has 19 heavy (non-hydrogen) atoms. The lowest BCUT2D eigenvalue weighted by Gasteiger charge is -2.02. The number of carbonyl (C=O) groups is 1. The largest absolute Gasteiger partial charge is 0.506 e. The van der Waals surface area contributed by atoms with Crippen LogP contribution >= 0.6 is 56.5 Å². The first-order chi connectivity index (χ1) is 9.08. The SMILES string of the molecule is O=C(N/N=C/c1cc(I)cc(I)c1O)c1cccs1. The smallest absolute Gasteiger partial charge is 0.281 e. The van der Waals surface area contributed by atoms with Crippen molar-refractivity contribution in [2.24, 2.45) is 5.10 Å².